The highest BCUT2D eigenvalue weighted by molar-refractivity contribution is 5.78. The van der Waals surface area contributed by atoms with Gasteiger partial charge < -0.3 is 10.4 Å². The van der Waals surface area contributed by atoms with Crippen molar-refractivity contribution in [1.29, 1.82) is 0 Å². The van der Waals surface area contributed by atoms with Crippen molar-refractivity contribution in [2.45, 2.75) is 20.8 Å². The lowest BCUT2D eigenvalue weighted by molar-refractivity contribution is -0.142. The molecule has 1 unspecified atom stereocenters. The van der Waals surface area contributed by atoms with E-state index in [0.29, 0.717) is 25.6 Å². The summed E-state index contributed by atoms with van der Waals surface area (Å²) in [5, 5.41) is 11.7. The van der Waals surface area contributed by atoms with E-state index in [1.165, 1.54) is 0 Å². The van der Waals surface area contributed by atoms with E-state index in [0.717, 1.165) is 0 Å². The Balaban J connectivity index is 4.21. The zero-order valence-corrected chi connectivity index (χ0v) is 11.5. The Hall–Kier alpha value is -1.36. The molecule has 0 aromatic heterocycles. The van der Waals surface area contributed by atoms with Gasteiger partial charge in [0, 0.05) is 19.6 Å². The molecular weight excluding hydrogens is 232 g/mol. The first-order valence-electron chi connectivity index (χ1n) is 6.19. The highest BCUT2D eigenvalue weighted by Gasteiger charge is 2.17. The highest BCUT2D eigenvalue weighted by Crippen LogP contribution is 2.00. The molecule has 0 saturated carbocycles. The molecule has 0 heterocycles. The van der Waals surface area contributed by atoms with Gasteiger partial charge in [-0.1, -0.05) is 26.8 Å². The standard InChI is InChI=1S/C13H24N2O3/c1-5-6-15(8-11(4)13(17)18)9-12(16)14-7-10(2)3/h5,10-11H,1,6-9H2,2-4H3,(H,14,16)(H,17,18). The van der Waals surface area contributed by atoms with Crippen LogP contribution in [0.25, 0.3) is 0 Å². The molecule has 5 nitrogen and oxygen atoms in total. The molecule has 1 amide bonds. The minimum Gasteiger partial charge on any atom is -0.481 e. The Bertz CT molecular complexity index is 290. The Labute approximate surface area is 109 Å². The van der Waals surface area contributed by atoms with Crippen LogP contribution in [0.1, 0.15) is 20.8 Å². The van der Waals surface area contributed by atoms with Crippen molar-refractivity contribution in [3.8, 4) is 0 Å². The number of nitrogens with zero attached hydrogens (tertiary/aromatic N) is 1. The van der Waals surface area contributed by atoms with E-state index in [4.69, 9.17) is 5.11 Å². The monoisotopic (exact) mass is 256 g/mol. The molecular formula is C13H24N2O3. The lowest BCUT2D eigenvalue weighted by atomic mass is 10.1. The van der Waals surface area contributed by atoms with Gasteiger partial charge in [-0.2, -0.15) is 0 Å². The maximum Gasteiger partial charge on any atom is 0.307 e. The Morgan fingerprint density at radius 2 is 2.00 bits per heavy atom. The molecule has 0 saturated heterocycles. The molecule has 104 valence electrons. The van der Waals surface area contributed by atoms with Gasteiger partial charge >= 0.3 is 5.97 Å². The quantitative estimate of drug-likeness (QED) is 0.603. The number of hydrogen-bond donors (Lipinski definition) is 2. The maximum atomic E-state index is 11.6. The van der Waals surface area contributed by atoms with E-state index in [1.54, 1.807) is 17.9 Å². The van der Waals surface area contributed by atoms with Crippen LogP contribution in [0.15, 0.2) is 12.7 Å². The minimum atomic E-state index is -0.855. The summed E-state index contributed by atoms with van der Waals surface area (Å²) in [5.74, 6) is -1.03. The number of carbonyl (C=O) groups excluding carboxylic acids is 1. The van der Waals surface area contributed by atoms with Gasteiger partial charge in [-0.25, -0.2) is 0 Å². The molecule has 0 rings (SSSR count). The van der Waals surface area contributed by atoms with Crippen LogP contribution in [0.3, 0.4) is 0 Å². The summed E-state index contributed by atoms with van der Waals surface area (Å²) in [6, 6.07) is 0. The molecule has 0 aromatic carbocycles. The van der Waals surface area contributed by atoms with Crippen LogP contribution < -0.4 is 5.32 Å². The second kappa shape index (κ2) is 8.69. The lowest BCUT2D eigenvalue weighted by Gasteiger charge is -2.22. The summed E-state index contributed by atoms with van der Waals surface area (Å²) >= 11 is 0. The van der Waals surface area contributed by atoms with Crippen molar-refractivity contribution in [2.75, 3.05) is 26.2 Å². The normalized spacial score (nSPS) is 12.5. The van der Waals surface area contributed by atoms with Crippen molar-refractivity contribution in [3.63, 3.8) is 0 Å². The van der Waals surface area contributed by atoms with E-state index in [9.17, 15) is 9.59 Å². The van der Waals surface area contributed by atoms with Gasteiger partial charge in [-0.15, -0.1) is 6.58 Å². The average Bonchev–Trinajstić information content (AvgIpc) is 2.26. The van der Waals surface area contributed by atoms with Crippen molar-refractivity contribution in [3.05, 3.63) is 12.7 Å². The molecule has 1 atom stereocenters. The van der Waals surface area contributed by atoms with Crippen LogP contribution in [-0.2, 0) is 9.59 Å². The van der Waals surface area contributed by atoms with Crippen molar-refractivity contribution >= 4 is 11.9 Å². The van der Waals surface area contributed by atoms with Gasteiger partial charge in [0.1, 0.15) is 0 Å². The van der Waals surface area contributed by atoms with Crippen molar-refractivity contribution in [2.24, 2.45) is 11.8 Å². The number of carboxylic acid groups (broad SMARTS) is 1. The maximum absolute atomic E-state index is 11.6. The largest absolute Gasteiger partial charge is 0.481 e. The van der Waals surface area contributed by atoms with Gasteiger partial charge in [0.25, 0.3) is 0 Å². The van der Waals surface area contributed by atoms with Crippen LogP contribution >= 0.6 is 0 Å². The smallest absolute Gasteiger partial charge is 0.307 e. The fraction of sp³-hybridized carbons (Fsp3) is 0.692. The molecule has 18 heavy (non-hydrogen) atoms. The Kier molecular flexibility index (Phi) is 8.03. The fourth-order valence-electron chi connectivity index (χ4n) is 1.43. The van der Waals surface area contributed by atoms with Gasteiger partial charge in [0.05, 0.1) is 12.5 Å². The summed E-state index contributed by atoms with van der Waals surface area (Å²) in [4.78, 5) is 24.2. The Morgan fingerprint density at radius 1 is 1.39 bits per heavy atom. The van der Waals surface area contributed by atoms with Crippen LogP contribution in [0.5, 0.6) is 0 Å². The molecule has 0 radical (unpaired) electrons. The van der Waals surface area contributed by atoms with E-state index in [-0.39, 0.29) is 12.5 Å². The van der Waals surface area contributed by atoms with E-state index >= 15 is 0 Å². The molecule has 0 aliphatic heterocycles. The van der Waals surface area contributed by atoms with Crippen LogP contribution in [-0.4, -0.2) is 48.1 Å². The third-order valence-corrected chi connectivity index (χ3v) is 2.42. The second-order valence-electron chi connectivity index (χ2n) is 4.92. The number of amides is 1. The summed E-state index contributed by atoms with van der Waals surface area (Å²) < 4.78 is 0. The highest BCUT2D eigenvalue weighted by atomic mass is 16.4. The van der Waals surface area contributed by atoms with Crippen LogP contribution in [0, 0.1) is 11.8 Å². The number of nitrogens with one attached hydrogen (secondary N) is 1. The van der Waals surface area contributed by atoms with Crippen molar-refractivity contribution in [1.82, 2.24) is 10.2 Å². The molecule has 0 spiro atoms. The van der Waals surface area contributed by atoms with Gasteiger partial charge in [0.15, 0.2) is 0 Å². The minimum absolute atomic E-state index is 0.0804. The third kappa shape index (κ3) is 7.84. The van der Waals surface area contributed by atoms with Crippen LogP contribution in [0.4, 0.5) is 0 Å². The molecule has 0 aliphatic carbocycles. The number of carbonyl (C=O) groups is 2. The molecule has 0 aromatic rings. The molecule has 0 aliphatic rings. The zero-order chi connectivity index (χ0) is 14.1. The van der Waals surface area contributed by atoms with E-state index in [2.05, 4.69) is 11.9 Å². The molecule has 5 heteroatoms. The summed E-state index contributed by atoms with van der Waals surface area (Å²) in [7, 11) is 0. The Morgan fingerprint density at radius 3 is 2.44 bits per heavy atom. The van der Waals surface area contributed by atoms with E-state index < -0.39 is 11.9 Å². The zero-order valence-electron chi connectivity index (χ0n) is 11.5. The number of hydrogen-bond acceptors (Lipinski definition) is 3. The summed E-state index contributed by atoms with van der Waals surface area (Å²) in [6.07, 6.45) is 1.67. The van der Waals surface area contributed by atoms with Crippen molar-refractivity contribution < 1.29 is 14.7 Å². The number of carboxylic acids is 1. The lowest BCUT2D eigenvalue weighted by Crippen LogP contribution is -2.41. The van der Waals surface area contributed by atoms with Crippen LogP contribution in [0.2, 0.25) is 0 Å². The predicted molar refractivity (Wildman–Crippen MR) is 71.3 cm³/mol. The topological polar surface area (TPSA) is 69.6 Å². The van der Waals surface area contributed by atoms with Gasteiger partial charge in [-0.3, -0.25) is 14.5 Å². The first-order valence-corrected chi connectivity index (χ1v) is 6.19. The second-order valence-corrected chi connectivity index (χ2v) is 4.92. The molecule has 0 bridgehead atoms. The summed E-state index contributed by atoms with van der Waals surface area (Å²) in [6.45, 7) is 11.0. The SMILES string of the molecule is C=CCN(CC(=O)NCC(C)C)CC(C)C(=O)O. The first kappa shape index (κ1) is 16.6. The third-order valence-electron chi connectivity index (χ3n) is 2.42. The number of rotatable bonds is 9. The van der Waals surface area contributed by atoms with Gasteiger partial charge in [-0.05, 0) is 5.92 Å². The fourth-order valence-corrected chi connectivity index (χ4v) is 1.43. The molecule has 2 N–H and O–H groups in total. The average molecular weight is 256 g/mol. The summed E-state index contributed by atoms with van der Waals surface area (Å²) in [5.41, 5.74) is 0. The first-order chi connectivity index (χ1) is 8.36. The van der Waals surface area contributed by atoms with E-state index in [1.807, 2.05) is 13.8 Å². The number of aliphatic carboxylic acids is 1. The van der Waals surface area contributed by atoms with Gasteiger partial charge in [0.2, 0.25) is 5.91 Å². The molecule has 0 fully saturated rings. The predicted octanol–water partition coefficient (Wildman–Crippen LogP) is 0.967.